The second-order valence-corrected chi connectivity index (χ2v) is 1.23. The molecule has 0 radical (unpaired) electrons. The summed E-state index contributed by atoms with van der Waals surface area (Å²) in [6.07, 6.45) is 0. The lowest BCUT2D eigenvalue weighted by Crippen LogP contribution is -2.33. The molecule has 6 heteroatoms. The Hall–Kier alpha value is -1.46. The summed E-state index contributed by atoms with van der Waals surface area (Å²) in [6.45, 7) is 0. The van der Waals surface area contributed by atoms with Crippen molar-refractivity contribution in [3.8, 4) is 0 Å². The fraction of sp³-hybridized carbons (Fsp3) is 0. The van der Waals surface area contributed by atoms with Crippen molar-refractivity contribution in [3.05, 3.63) is 21.0 Å². The molecule has 4 N–H and O–H groups in total. The van der Waals surface area contributed by atoms with Crippen LogP contribution in [-0.2, 0) is 0 Å². The van der Waals surface area contributed by atoms with Crippen molar-refractivity contribution in [3.63, 3.8) is 0 Å². The largest absolute Gasteiger partial charge is 0.363 e. The molecule has 1 rings (SSSR count). The standard InChI is InChI=1S/C2H4N4O2/c3-6-1(7)4-5-2(6)8/h3H2,(H,4,7)(H,5,8). The van der Waals surface area contributed by atoms with Gasteiger partial charge in [-0.25, -0.2) is 19.8 Å². The Morgan fingerprint density at radius 1 is 1.25 bits per heavy atom. The van der Waals surface area contributed by atoms with Crippen LogP contribution < -0.4 is 17.2 Å². The summed E-state index contributed by atoms with van der Waals surface area (Å²) in [5.41, 5.74) is -1.29. The molecule has 1 aromatic heterocycles. The minimum absolute atomic E-state index is 0.444. The molecular formula is C2H4N4O2. The van der Waals surface area contributed by atoms with E-state index in [0.717, 1.165) is 0 Å². The van der Waals surface area contributed by atoms with E-state index in [1.54, 1.807) is 0 Å². The smallest absolute Gasteiger partial charge is 0.331 e. The van der Waals surface area contributed by atoms with E-state index in [9.17, 15) is 9.59 Å². The summed E-state index contributed by atoms with van der Waals surface area (Å²) in [4.78, 5) is 20.4. The molecule has 0 atom stereocenters. The normalized spacial score (nSPS) is 9.50. The van der Waals surface area contributed by atoms with Crippen molar-refractivity contribution in [2.24, 2.45) is 0 Å². The Labute approximate surface area is 42.9 Å². The van der Waals surface area contributed by atoms with Crippen LogP contribution in [0, 0.1) is 0 Å². The van der Waals surface area contributed by atoms with Gasteiger partial charge in [-0.3, -0.25) is 0 Å². The lowest BCUT2D eigenvalue weighted by molar-refractivity contribution is 0.899. The molecule has 44 valence electrons. The van der Waals surface area contributed by atoms with E-state index < -0.39 is 11.4 Å². The Balaban J connectivity index is 3.66. The number of aromatic amines is 2. The van der Waals surface area contributed by atoms with Crippen LogP contribution in [0.5, 0.6) is 0 Å². The van der Waals surface area contributed by atoms with Gasteiger partial charge in [0, 0.05) is 0 Å². The highest BCUT2D eigenvalue weighted by Gasteiger charge is 1.92. The summed E-state index contributed by atoms with van der Waals surface area (Å²) in [6, 6.07) is 0. The second-order valence-electron chi connectivity index (χ2n) is 1.23. The van der Waals surface area contributed by atoms with Crippen LogP contribution in [0.1, 0.15) is 0 Å². The highest BCUT2D eigenvalue weighted by Crippen LogP contribution is 1.39. The SMILES string of the molecule is Nn1c(=O)[nH][nH]c1=O. The monoisotopic (exact) mass is 116 g/mol. The second kappa shape index (κ2) is 1.25. The van der Waals surface area contributed by atoms with Crippen LogP contribution in [0.2, 0.25) is 0 Å². The third kappa shape index (κ3) is 0.427. The molecule has 8 heavy (non-hydrogen) atoms. The molecule has 0 aliphatic heterocycles. The average molecular weight is 116 g/mol. The first-order chi connectivity index (χ1) is 3.72. The van der Waals surface area contributed by atoms with Gasteiger partial charge in [0.2, 0.25) is 0 Å². The van der Waals surface area contributed by atoms with E-state index in [2.05, 4.69) is 0 Å². The Bertz CT molecular complexity index is 249. The number of aromatic nitrogens is 3. The fourth-order valence-corrected chi connectivity index (χ4v) is 0.320. The van der Waals surface area contributed by atoms with E-state index in [1.807, 2.05) is 10.2 Å². The number of hydrogen-bond acceptors (Lipinski definition) is 3. The highest BCUT2D eigenvalue weighted by atomic mass is 16.2. The first kappa shape index (κ1) is 4.69. The zero-order valence-corrected chi connectivity index (χ0v) is 3.84. The molecule has 0 unspecified atom stereocenters. The van der Waals surface area contributed by atoms with Gasteiger partial charge in [0.05, 0.1) is 0 Å². The van der Waals surface area contributed by atoms with E-state index in [4.69, 9.17) is 5.84 Å². The Morgan fingerprint density at radius 3 is 1.75 bits per heavy atom. The number of rotatable bonds is 0. The summed E-state index contributed by atoms with van der Waals surface area (Å²) < 4.78 is 0.444. The van der Waals surface area contributed by atoms with E-state index in [0.29, 0.717) is 4.68 Å². The molecule has 0 spiro atoms. The van der Waals surface area contributed by atoms with Gasteiger partial charge in [-0.2, -0.15) is 4.68 Å². The van der Waals surface area contributed by atoms with Gasteiger partial charge < -0.3 is 5.84 Å². The van der Waals surface area contributed by atoms with Crippen molar-refractivity contribution in [1.29, 1.82) is 0 Å². The van der Waals surface area contributed by atoms with Crippen LogP contribution >= 0.6 is 0 Å². The molecule has 0 aliphatic rings. The van der Waals surface area contributed by atoms with Crippen LogP contribution in [0.15, 0.2) is 9.59 Å². The number of nitrogen functional groups attached to an aromatic ring is 1. The molecular weight excluding hydrogens is 112 g/mol. The first-order valence-electron chi connectivity index (χ1n) is 1.86. The van der Waals surface area contributed by atoms with Crippen LogP contribution in [-0.4, -0.2) is 14.9 Å². The van der Waals surface area contributed by atoms with E-state index >= 15 is 0 Å². The van der Waals surface area contributed by atoms with Gasteiger partial charge in [0.15, 0.2) is 0 Å². The minimum atomic E-state index is -0.644. The zero-order chi connectivity index (χ0) is 6.15. The maximum absolute atomic E-state index is 10.2. The molecule has 1 heterocycles. The Morgan fingerprint density at radius 2 is 1.62 bits per heavy atom. The molecule has 0 aliphatic carbocycles. The Kier molecular flexibility index (Phi) is 0.736. The van der Waals surface area contributed by atoms with Crippen LogP contribution in [0.25, 0.3) is 0 Å². The van der Waals surface area contributed by atoms with Crippen LogP contribution in [0.3, 0.4) is 0 Å². The average Bonchev–Trinajstić information content (AvgIpc) is 1.98. The van der Waals surface area contributed by atoms with Crippen molar-refractivity contribution in [2.75, 3.05) is 5.84 Å². The molecule has 0 saturated heterocycles. The van der Waals surface area contributed by atoms with Gasteiger partial charge in [-0.1, -0.05) is 0 Å². The summed E-state index contributed by atoms with van der Waals surface area (Å²) in [5, 5.41) is 3.96. The van der Waals surface area contributed by atoms with E-state index in [-0.39, 0.29) is 0 Å². The molecule has 0 aromatic carbocycles. The number of nitrogens with zero attached hydrogens (tertiary/aromatic N) is 1. The maximum Gasteiger partial charge on any atom is 0.363 e. The van der Waals surface area contributed by atoms with Gasteiger partial charge >= 0.3 is 11.4 Å². The first-order valence-corrected chi connectivity index (χ1v) is 1.86. The molecule has 1 aromatic rings. The predicted molar refractivity (Wildman–Crippen MR) is 25.8 cm³/mol. The van der Waals surface area contributed by atoms with Gasteiger partial charge in [-0.15, -0.1) is 0 Å². The highest BCUT2D eigenvalue weighted by molar-refractivity contribution is 4.62. The molecule has 0 saturated carbocycles. The third-order valence-corrected chi connectivity index (χ3v) is 0.714. The quantitative estimate of drug-likeness (QED) is 0.329. The maximum atomic E-state index is 10.2. The zero-order valence-electron chi connectivity index (χ0n) is 3.84. The van der Waals surface area contributed by atoms with Crippen molar-refractivity contribution in [1.82, 2.24) is 14.9 Å². The number of nitrogens with two attached hydrogens (primary N) is 1. The van der Waals surface area contributed by atoms with Gasteiger partial charge in [0.1, 0.15) is 0 Å². The number of H-pyrrole nitrogens is 2. The lowest BCUT2D eigenvalue weighted by atomic mass is 11.2. The summed E-state index contributed by atoms with van der Waals surface area (Å²) in [5.74, 6) is 4.83. The van der Waals surface area contributed by atoms with Crippen LogP contribution in [0.4, 0.5) is 0 Å². The van der Waals surface area contributed by atoms with Gasteiger partial charge in [0.25, 0.3) is 0 Å². The number of nitrogens with one attached hydrogen (secondary N) is 2. The predicted octanol–water partition coefficient (Wildman–Crippen LogP) is -2.42. The fourth-order valence-electron chi connectivity index (χ4n) is 0.320. The number of hydrogen-bond donors (Lipinski definition) is 3. The third-order valence-electron chi connectivity index (χ3n) is 0.714. The van der Waals surface area contributed by atoms with Crippen molar-refractivity contribution >= 4 is 0 Å². The topological polar surface area (TPSA) is 96.7 Å². The minimum Gasteiger partial charge on any atom is -0.331 e. The van der Waals surface area contributed by atoms with Crippen molar-refractivity contribution < 1.29 is 0 Å². The van der Waals surface area contributed by atoms with Gasteiger partial charge in [-0.05, 0) is 0 Å². The summed E-state index contributed by atoms with van der Waals surface area (Å²) in [7, 11) is 0. The summed E-state index contributed by atoms with van der Waals surface area (Å²) >= 11 is 0. The molecule has 6 nitrogen and oxygen atoms in total. The van der Waals surface area contributed by atoms with Crippen molar-refractivity contribution in [2.45, 2.75) is 0 Å². The van der Waals surface area contributed by atoms with E-state index in [1.165, 1.54) is 0 Å². The molecule has 0 fully saturated rings. The molecule has 0 bridgehead atoms. The molecule has 0 amide bonds. The lowest BCUT2D eigenvalue weighted by Gasteiger charge is -1.75.